The van der Waals surface area contributed by atoms with Crippen LogP contribution in [0.15, 0.2) is 77.7 Å². The van der Waals surface area contributed by atoms with E-state index in [2.05, 4.69) is 10.0 Å². The molecule has 3 aromatic carbocycles. The summed E-state index contributed by atoms with van der Waals surface area (Å²) in [7, 11) is -4.04. The van der Waals surface area contributed by atoms with E-state index in [0.29, 0.717) is 5.69 Å². The first-order valence-electron chi connectivity index (χ1n) is 8.56. The Labute approximate surface area is 167 Å². The van der Waals surface area contributed by atoms with E-state index in [1.54, 1.807) is 12.1 Å². The summed E-state index contributed by atoms with van der Waals surface area (Å²) in [6, 6.07) is 16.9. The van der Waals surface area contributed by atoms with Crippen molar-refractivity contribution in [2.75, 3.05) is 10.0 Å². The minimum atomic E-state index is -4.04. The van der Waals surface area contributed by atoms with Crippen molar-refractivity contribution in [2.24, 2.45) is 0 Å². The summed E-state index contributed by atoms with van der Waals surface area (Å²) in [5.74, 6) is -1.27. The highest BCUT2D eigenvalue weighted by Crippen LogP contribution is 2.22. The first-order chi connectivity index (χ1) is 13.8. The quantitative estimate of drug-likeness (QED) is 0.597. The number of amides is 1. The lowest BCUT2D eigenvalue weighted by molar-refractivity contribution is 0.101. The molecule has 8 heteroatoms. The van der Waals surface area contributed by atoms with Crippen molar-refractivity contribution in [1.29, 1.82) is 0 Å². The van der Waals surface area contributed by atoms with Crippen molar-refractivity contribution in [2.45, 2.75) is 11.8 Å². The third-order valence-corrected chi connectivity index (χ3v) is 5.43. The molecule has 0 radical (unpaired) electrons. The van der Waals surface area contributed by atoms with E-state index in [4.69, 9.17) is 0 Å². The lowest BCUT2D eigenvalue weighted by atomic mass is 10.1. The maximum Gasteiger partial charge on any atom is 0.261 e. The molecule has 148 valence electrons. The number of Topliss-reactive ketones (excluding diaryl/α,β-unsaturated/α-hetero) is 1. The summed E-state index contributed by atoms with van der Waals surface area (Å²) in [6.07, 6.45) is 0. The number of ketones is 1. The van der Waals surface area contributed by atoms with E-state index in [0.717, 1.165) is 0 Å². The molecule has 6 nitrogen and oxygen atoms in total. The maximum atomic E-state index is 13.0. The van der Waals surface area contributed by atoms with Crippen LogP contribution >= 0.6 is 0 Å². The lowest BCUT2D eigenvalue weighted by Crippen LogP contribution is -2.18. The summed E-state index contributed by atoms with van der Waals surface area (Å²) in [5, 5.41) is 2.59. The number of halogens is 1. The molecule has 3 rings (SSSR count). The molecule has 3 aromatic rings. The number of benzene rings is 3. The molecule has 0 heterocycles. The molecule has 2 N–H and O–H groups in total. The van der Waals surface area contributed by atoms with Crippen LogP contribution in [0.1, 0.15) is 27.6 Å². The number of hydrogen-bond donors (Lipinski definition) is 2. The first-order valence-corrected chi connectivity index (χ1v) is 10.0. The average molecular weight is 412 g/mol. The number of sulfonamides is 1. The van der Waals surface area contributed by atoms with Crippen LogP contribution in [0.25, 0.3) is 0 Å². The fraction of sp³-hybridized carbons (Fsp3) is 0.0476. The number of para-hydroxylation sites is 1. The highest BCUT2D eigenvalue weighted by atomic mass is 32.2. The van der Waals surface area contributed by atoms with E-state index in [1.165, 1.54) is 67.6 Å². The molecule has 0 bridgehead atoms. The van der Waals surface area contributed by atoms with Gasteiger partial charge in [0.15, 0.2) is 5.78 Å². The molecule has 0 unspecified atom stereocenters. The minimum absolute atomic E-state index is 0.0698. The Balaban J connectivity index is 1.88. The average Bonchev–Trinajstić information content (AvgIpc) is 2.70. The van der Waals surface area contributed by atoms with Crippen molar-refractivity contribution >= 4 is 33.1 Å². The molecule has 0 saturated carbocycles. The van der Waals surface area contributed by atoms with Gasteiger partial charge in [-0.15, -0.1) is 0 Å². The van der Waals surface area contributed by atoms with Gasteiger partial charge < -0.3 is 5.32 Å². The van der Waals surface area contributed by atoms with Gasteiger partial charge in [0.25, 0.3) is 15.9 Å². The number of hydrogen-bond acceptors (Lipinski definition) is 4. The highest BCUT2D eigenvalue weighted by Gasteiger charge is 2.19. The zero-order valence-electron chi connectivity index (χ0n) is 15.3. The van der Waals surface area contributed by atoms with Crippen LogP contribution in [0.5, 0.6) is 0 Å². The molecule has 29 heavy (non-hydrogen) atoms. The minimum Gasteiger partial charge on any atom is -0.322 e. The van der Waals surface area contributed by atoms with Gasteiger partial charge in [0.2, 0.25) is 0 Å². The fourth-order valence-corrected chi connectivity index (χ4v) is 3.71. The van der Waals surface area contributed by atoms with Crippen LogP contribution in [0.2, 0.25) is 0 Å². The molecule has 0 atom stereocenters. The molecule has 0 saturated heterocycles. The molecule has 1 amide bonds. The van der Waals surface area contributed by atoms with E-state index in [-0.39, 0.29) is 27.5 Å². The van der Waals surface area contributed by atoms with Gasteiger partial charge in [0, 0.05) is 11.3 Å². The normalized spacial score (nSPS) is 11.0. The number of nitrogens with one attached hydrogen (secondary N) is 2. The van der Waals surface area contributed by atoms with Gasteiger partial charge in [0.05, 0.1) is 16.1 Å². The van der Waals surface area contributed by atoms with Crippen LogP contribution in [0, 0.1) is 5.82 Å². The molecular formula is C21H17FN2O4S. The predicted octanol–water partition coefficient (Wildman–Crippen LogP) is 4.08. The van der Waals surface area contributed by atoms with E-state index < -0.39 is 21.7 Å². The van der Waals surface area contributed by atoms with Gasteiger partial charge >= 0.3 is 0 Å². The van der Waals surface area contributed by atoms with Crippen molar-refractivity contribution in [3.63, 3.8) is 0 Å². The second kappa shape index (κ2) is 8.24. The second-order valence-corrected chi connectivity index (χ2v) is 7.88. The Kier molecular flexibility index (Phi) is 5.74. The summed E-state index contributed by atoms with van der Waals surface area (Å²) < 4.78 is 40.9. The number of anilines is 2. The van der Waals surface area contributed by atoms with E-state index in [9.17, 15) is 22.4 Å². The number of carbonyl (C=O) groups is 2. The summed E-state index contributed by atoms with van der Waals surface area (Å²) in [4.78, 5) is 24.0. The molecule has 0 fully saturated rings. The smallest absolute Gasteiger partial charge is 0.261 e. The summed E-state index contributed by atoms with van der Waals surface area (Å²) in [5.41, 5.74) is 0.780. The number of carbonyl (C=O) groups excluding carboxylic acids is 2. The van der Waals surface area contributed by atoms with Gasteiger partial charge in [-0.3, -0.25) is 14.3 Å². The Bertz CT molecular complexity index is 1180. The largest absolute Gasteiger partial charge is 0.322 e. The second-order valence-electron chi connectivity index (χ2n) is 6.20. The zero-order valence-corrected chi connectivity index (χ0v) is 16.2. The lowest BCUT2D eigenvalue weighted by Gasteiger charge is -2.13. The maximum absolute atomic E-state index is 13.0. The summed E-state index contributed by atoms with van der Waals surface area (Å²) in [6.45, 7) is 1.34. The number of rotatable bonds is 6. The fourth-order valence-electron chi connectivity index (χ4n) is 2.59. The van der Waals surface area contributed by atoms with Gasteiger partial charge in [-0.1, -0.05) is 24.3 Å². The first kappa shape index (κ1) is 20.2. The Hall–Kier alpha value is -3.52. The third-order valence-electron chi connectivity index (χ3n) is 4.07. The molecule has 0 spiro atoms. The predicted molar refractivity (Wildman–Crippen MR) is 108 cm³/mol. The van der Waals surface area contributed by atoms with Crippen molar-refractivity contribution < 1.29 is 22.4 Å². The third kappa shape index (κ3) is 4.85. The molecule has 0 aromatic heterocycles. The van der Waals surface area contributed by atoms with Crippen LogP contribution in [0.4, 0.5) is 15.8 Å². The Morgan fingerprint density at radius 3 is 2.28 bits per heavy atom. The van der Waals surface area contributed by atoms with Gasteiger partial charge in [-0.05, 0) is 55.5 Å². The molecule has 0 aliphatic heterocycles. The van der Waals surface area contributed by atoms with Crippen LogP contribution in [-0.4, -0.2) is 20.1 Å². The SMILES string of the molecule is CC(=O)c1cccc(S(=O)(=O)Nc2ccccc2C(=O)Nc2ccc(F)cc2)c1. The molecular weight excluding hydrogens is 395 g/mol. The topological polar surface area (TPSA) is 92.3 Å². The van der Waals surface area contributed by atoms with Crippen LogP contribution < -0.4 is 10.0 Å². The van der Waals surface area contributed by atoms with Gasteiger partial charge in [-0.2, -0.15) is 0 Å². The van der Waals surface area contributed by atoms with Crippen LogP contribution in [0.3, 0.4) is 0 Å². The summed E-state index contributed by atoms with van der Waals surface area (Å²) >= 11 is 0. The monoisotopic (exact) mass is 412 g/mol. The van der Waals surface area contributed by atoms with Gasteiger partial charge in [-0.25, -0.2) is 12.8 Å². The standard InChI is InChI=1S/C21H17FN2O4S/c1-14(25)15-5-4-6-18(13-15)29(27,28)24-20-8-3-2-7-19(20)21(26)23-17-11-9-16(22)10-12-17/h2-13,24H,1H3,(H,23,26). The van der Waals surface area contributed by atoms with Crippen molar-refractivity contribution in [3.05, 3.63) is 89.7 Å². The zero-order chi connectivity index (χ0) is 21.0. The van der Waals surface area contributed by atoms with E-state index in [1.807, 2.05) is 0 Å². The Morgan fingerprint density at radius 1 is 0.897 bits per heavy atom. The Morgan fingerprint density at radius 2 is 1.59 bits per heavy atom. The van der Waals surface area contributed by atoms with Crippen molar-refractivity contribution in [3.8, 4) is 0 Å². The molecule has 0 aliphatic carbocycles. The molecule has 0 aliphatic rings. The van der Waals surface area contributed by atoms with Gasteiger partial charge in [0.1, 0.15) is 5.82 Å². The van der Waals surface area contributed by atoms with Crippen molar-refractivity contribution in [1.82, 2.24) is 0 Å². The van der Waals surface area contributed by atoms with E-state index >= 15 is 0 Å². The van der Waals surface area contributed by atoms with Crippen LogP contribution in [-0.2, 0) is 10.0 Å². The highest BCUT2D eigenvalue weighted by molar-refractivity contribution is 7.92.